The summed E-state index contributed by atoms with van der Waals surface area (Å²) in [4.78, 5) is 23.7. The fourth-order valence-electron chi connectivity index (χ4n) is 2.80. The number of esters is 1. The summed E-state index contributed by atoms with van der Waals surface area (Å²) in [6.45, 7) is 1.83. The number of nitrogens with one attached hydrogen (secondary N) is 1. The van der Waals surface area contributed by atoms with E-state index >= 15 is 0 Å². The van der Waals surface area contributed by atoms with Crippen LogP contribution in [0.5, 0.6) is 0 Å². The van der Waals surface area contributed by atoms with Gasteiger partial charge in [-0.05, 0) is 43.4 Å². The quantitative estimate of drug-likeness (QED) is 0.833. The SMILES string of the molecule is COC(=O)c1cc(NC(=O)C[C@@H]2CCC[C@H]2N)ccc1C.Cl. The van der Waals surface area contributed by atoms with Gasteiger partial charge in [0.15, 0.2) is 0 Å². The minimum atomic E-state index is -0.401. The molecule has 0 saturated heterocycles. The zero-order chi connectivity index (χ0) is 15.4. The van der Waals surface area contributed by atoms with Gasteiger partial charge < -0.3 is 15.8 Å². The Morgan fingerprint density at radius 2 is 2.09 bits per heavy atom. The van der Waals surface area contributed by atoms with E-state index in [2.05, 4.69) is 5.32 Å². The van der Waals surface area contributed by atoms with Gasteiger partial charge in [-0.15, -0.1) is 12.4 Å². The zero-order valence-electron chi connectivity index (χ0n) is 12.9. The summed E-state index contributed by atoms with van der Waals surface area (Å²) in [6.07, 6.45) is 3.53. The molecule has 0 spiro atoms. The number of hydrogen-bond donors (Lipinski definition) is 2. The Kier molecular flexibility index (Phi) is 6.84. The van der Waals surface area contributed by atoms with Crippen LogP contribution < -0.4 is 11.1 Å². The zero-order valence-corrected chi connectivity index (χ0v) is 13.7. The van der Waals surface area contributed by atoms with E-state index < -0.39 is 5.97 Å². The summed E-state index contributed by atoms with van der Waals surface area (Å²) in [6, 6.07) is 5.35. The molecule has 1 fully saturated rings. The largest absolute Gasteiger partial charge is 0.465 e. The summed E-state index contributed by atoms with van der Waals surface area (Å²) >= 11 is 0. The van der Waals surface area contributed by atoms with Crippen molar-refractivity contribution in [3.8, 4) is 0 Å². The van der Waals surface area contributed by atoms with Gasteiger partial charge >= 0.3 is 5.97 Å². The highest BCUT2D eigenvalue weighted by molar-refractivity contribution is 5.95. The average Bonchev–Trinajstić information content (AvgIpc) is 2.85. The van der Waals surface area contributed by atoms with Crippen molar-refractivity contribution in [1.29, 1.82) is 0 Å². The highest BCUT2D eigenvalue weighted by Crippen LogP contribution is 2.27. The first kappa shape index (κ1) is 18.5. The maximum absolute atomic E-state index is 12.1. The molecule has 22 heavy (non-hydrogen) atoms. The first-order valence-corrected chi connectivity index (χ1v) is 7.25. The lowest BCUT2D eigenvalue weighted by atomic mass is 10.00. The fourth-order valence-corrected chi connectivity index (χ4v) is 2.80. The third-order valence-electron chi connectivity index (χ3n) is 4.09. The molecule has 1 amide bonds. The topological polar surface area (TPSA) is 81.4 Å². The molecule has 1 aliphatic rings. The first-order valence-electron chi connectivity index (χ1n) is 7.25. The molecule has 1 aromatic carbocycles. The fraction of sp³-hybridized carbons (Fsp3) is 0.500. The Morgan fingerprint density at radius 1 is 1.36 bits per heavy atom. The number of anilines is 1. The monoisotopic (exact) mass is 326 g/mol. The van der Waals surface area contributed by atoms with Gasteiger partial charge in [-0.3, -0.25) is 4.79 Å². The van der Waals surface area contributed by atoms with Gasteiger partial charge in [0.05, 0.1) is 12.7 Å². The average molecular weight is 327 g/mol. The predicted octanol–water partition coefficient (Wildman–Crippen LogP) is 2.66. The van der Waals surface area contributed by atoms with Gasteiger partial charge in [-0.2, -0.15) is 0 Å². The van der Waals surface area contributed by atoms with Crippen molar-refractivity contribution in [3.63, 3.8) is 0 Å². The van der Waals surface area contributed by atoms with Crippen LogP contribution in [0.1, 0.15) is 41.6 Å². The molecule has 0 aromatic heterocycles. The molecule has 0 heterocycles. The number of carbonyl (C=O) groups is 2. The molecule has 0 radical (unpaired) electrons. The van der Waals surface area contributed by atoms with Crippen LogP contribution in [0.15, 0.2) is 18.2 Å². The van der Waals surface area contributed by atoms with E-state index in [4.69, 9.17) is 10.5 Å². The highest BCUT2D eigenvalue weighted by atomic mass is 35.5. The van der Waals surface area contributed by atoms with Crippen molar-refractivity contribution in [2.75, 3.05) is 12.4 Å². The number of aryl methyl sites for hydroxylation is 1. The second kappa shape index (κ2) is 8.15. The van der Waals surface area contributed by atoms with Crippen molar-refractivity contribution in [2.45, 2.75) is 38.6 Å². The second-order valence-electron chi connectivity index (χ2n) is 5.63. The minimum Gasteiger partial charge on any atom is -0.465 e. The number of benzene rings is 1. The van der Waals surface area contributed by atoms with Crippen LogP contribution in [-0.4, -0.2) is 25.0 Å². The molecular weight excluding hydrogens is 304 g/mol. The van der Waals surface area contributed by atoms with Gasteiger partial charge in [-0.1, -0.05) is 12.5 Å². The smallest absolute Gasteiger partial charge is 0.338 e. The lowest BCUT2D eigenvalue weighted by Crippen LogP contribution is -2.28. The Labute approximate surface area is 137 Å². The van der Waals surface area contributed by atoms with Crippen molar-refractivity contribution < 1.29 is 14.3 Å². The van der Waals surface area contributed by atoms with Crippen molar-refractivity contribution in [3.05, 3.63) is 29.3 Å². The number of rotatable bonds is 4. The first-order chi connectivity index (χ1) is 10.0. The number of methoxy groups -OCH3 is 1. The summed E-state index contributed by atoms with van der Waals surface area (Å²) in [5.41, 5.74) is 7.87. The van der Waals surface area contributed by atoms with E-state index in [9.17, 15) is 9.59 Å². The molecular formula is C16H23ClN2O3. The van der Waals surface area contributed by atoms with Crippen LogP contribution in [0.3, 0.4) is 0 Å². The van der Waals surface area contributed by atoms with Crippen LogP contribution in [0, 0.1) is 12.8 Å². The van der Waals surface area contributed by atoms with Gasteiger partial charge in [0.25, 0.3) is 0 Å². The lowest BCUT2D eigenvalue weighted by molar-refractivity contribution is -0.117. The normalized spacial score (nSPS) is 20.1. The van der Waals surface area contributed by atoms with Crippen molar-refractivity contribution >= 4 is 30.0 Å². The maximum atomic E-state index is 12.1. The summed E-state index contributed by atoms with van der Waals surface area (Å²) in [7, 11) is 1.34. The van der Waals surface area contributed by atoms with Gasteiger partial charge in [0.2, 0.25) is 5.91 Å². The molecule has 2 rings (SSSR count). The number of carbonyl (C=O) groups excluding carboxylic acids is 2. The molecule has 0 unspecified atom stereocenters. The molecule has 2 atom stereocenters. The Morgan fingerprint density at radius 3 is 2.68 bits per heavy atom. The van der Waals surface area contributed by atoms with Gasteiger partial charge in [0.1, 0.15) is 0 Å². The van der Waals surface area contributed by atoms with Gasteiger partial charge in [-0.25, -0.2) is 4.79 Å². The van der Waals surface area contributed by atoms with E-state index in [0.29, 0.717) is 17.7 Å². The van der Waals surface area contributed by atoms with Crippen molar-refractivity contribution in [1.82, 2.24) is 0 Å². The van der Waals surface area contributed by atoms with E-state index in [0.717, 1.165) is 24.8 Å². The molecule has 0 bridgehead atoms. The lowest BCUT2D eigenvalue weighted by Gasteiger charge is -2.15. The molecule has 1 saturated carbocycles. The molecule has 3 N–H and O–H groups in total. The summed E-state index contributed by atoms with van der Waals surface area (Å²) in [5.74, 6) is -0.200. The summed E-state index contributed by atoms with van der Waals surface area (Å²) < 4.78 is 4.73. The van der Waals surface area contributed by atoms with Crippen LogP contribution in [0.25, 0.3) is 0 Å². The Hall–Kier alpha value is -1.59. The number of ether oxygens (including phenoxy) is 1. The Balaban J connectivity index is 0.00000242. The minimum absolute atomic E-state index is 0. The number of nitrogens with two attached hydrogens (primary N) is 1. The number of amides is 1. The third-order valence-corrected chi connectivity index (χ3v) is 4.09. The highest BCUT2D eigenvalue weighted by Gasteiger charge is 2.26. The van der Waals surface area contributed by atoms with Crippen LogP contribution in [-0.2, 0) is 9.53 Å². The molecule has 1 aliphatic carbocycles. The van der Waals surface area contributed by atoms with E-state index in [1.54, 1.807) is 18.2 Å². The van der Waals surface area contributed by atoms with Crippen LogP contribution in [0.4, 0.5) is 5.69 Å². The standard InChI is InChI=1S/C16H22N2O3.ClH/c1-10-6-7-12(9-13(10)16(20)21-2)18-15(19)8-11-4-3-5-14(11)17;/h6-7,9,11,14H,3-5,8,17H2,1-2H3,(H,18,19);1H/t11-,14+;/m0./s1. The number of hydrogen-bond acceptors (Lipinski definition) is 4. The van der Waals surface area contributed by atoms with E-state index in [-0.39, 0.29) is 30.3 Å². The molecule has 6 heteroatoms. The molecule has 0 aliphatic heterocycles. The summed E-state index contributed by atoms with van der Waals surface area (Å²) in [5, 5.41) is 2.83. The van der Waals surface area contributed by atoms with Crippen LogP contribution in [0.2, 0.25) is 0 Å². The van der Waals surface area contributed by atoms with Crippen molar-refractivity contribution in [2.24, 2.45) is 11.7 Å². The van der Waals surface area contributed by atoms with E-state index in [1.165, 1.54) is 7.11 Å². The third kappa shape index (κ3) is 4.45. The molecule has 5 nitrogen and oxygen atoms in total. The predicted molar refractivity (Wildman–Crippen MR) is 88.3 cm³/mol. The van der Waals surface area contributed by atoms with Gasteiger partial charge in [0, 0.05) is 18.2 Å². The Bertz CT molecular complexity index is 548. The van der Waals surface area contributed by atoms with Crippen LogP contribution >= 0.6 is 12.4 Å². The molecule has 1 aromatic rings. The maximum Gasteiger partial charge on any atom is 0.338 e. The number of halogens is 1. The second-order valence-corrected chi connectivity index (χ2v) is 5.63. The molecule has 122 valence electrons. The van der Waals surface area contributed by atoms with E-state index in [1.807, 2.05) is 6.92 Å².